The lowest BCUT2D eigenvalue weighted by molar-refractivity contribution is 0.303. The molecule has 0 aliphatic rings. The lowest BCUT2D eigenvalue weighted by Gasteiger charge is -2.12. The molecule has 0 bridgehead atoms. The van der Waals surface area contributed by atoms with Crippen LogP contribution in [0.2, 0.25) is 0 Å². The fourth-order valence-corrected chi connectivity index (χ4v) is 4.25. The van der Waals surface area contributed by atoms with Gasteiger partial charge >= 0.3 is 0 Å². The summed E-state index contributed by atoms with van der Waals surface area (Å²) >= 11 is 0. The Hall–Kier alpha value is -3.73. The zero-order valence-electron chi connectivity index (χ0n) is 21.5. The number of aromatic nitrogens is 3. The summed E-state index contributed by atoms with van der Waals surface area (Å²) in [6, 6.07) is 21.4. The predicted molar refractivity (Wildman–Crippen MR) is 146 cm³/mol. The van der Waals surface area contributed by atoms with Crippen molar-refractivity contribution in [3.05, 3.63) is 77.9 Å². The Morgan fingerprint density at radius 2 is 1.17 bits per heavy atom. The summed E-state index contributed by atoms with van der Waals surface area (Å²) in [4.78, 5) is 14.4. The van der Waals surface area contributed by atoms with Crippen molar-refractivity contribution in [1.82, 2.24) is 15.0 Å². The smallest absolute Gasteiger partial charge is 0.167 e. The lowest BCUT2D eigenvalue weighted by Crippen LogP contribution is -2.02. The Morgan fingerprint density at radius 1 is 0.639 bits per heavy atom. The second-order valence-corrected chi connectivity index (χ2v) is 9.23. The molecule has 0 spiro atoms. The molecule has 4 rings (SSSR count). The van der Waals surface area contributed by atoms with Crippen LogP contribution in [0.3, 0.4) is 0 Å². The first-order valence-corrected chi connectivity index (χ1v) is 12.9. The Labute approximate surface area is 214 Å². The Morgan fingerprint density at radius 3 is 1.72 bits per heavy atom. The summed E-state index contributed by atoms with van der Waals surface area (Å²) in [6.07, 6.45) is 7.25. The molecule has 0 radical (unpaired) electrons. The molecule has 0 unspecified atom stereocenters. The average Bonchev–Trinajstić information content (AvgIpc) is 2.88. The molecule has 186 valence electrons. The quantitative estimate of drug-likeness (QED) is 0.220. The number of hydrogen-bond acceptors (Lipinski definition) is 5. The van der Waals surface area contributed by atoms with Gasteiger partial charge in [-0.1, -0.05) is 87.6 Å². The maximum absolute atomic E-state index is 10.9. The number of rotatable bonds is 11. The predicted octanol–water partition coefficient (Wildman–Crippen LogP) is 7.93. The van der Waals surface area contributed by atoms with Gasteiger partial charge in [0, 0.05) is 17.2 Å². The molecule has 4 aromatic rings. The number of phenolic OH excluding ortho intramolecular Hbond substituents is 1. The second kappa shape index (κ2) is 12.3. The Bertz CT molecular complexity index is 1240. The first kappa shape index (κ1) is 25.4. The van der Waals surface area contributed by atoms with Crippen molar-refractivity contribution in [2.75, 3.05) is 6.61 Å². The molecule has 0 aliphatic heterocycles. The largest absolute Gasteiger partial charge is 0.507 e. The third-order valence-electron chi connectivity index (χ3n) is 6.38. The van der Waals surface area contributed by atoms with E-state index in [9.17, 15) is 5.11 Å². The van der Waals surface area contributed by atoms with Gasteiger partial charge in [-0.3, -0.25) is 0 Å². The maximum Gasteiger partial charge on any atom is 0.167 e. The van der Waals surface area contributed by atoms with Gasteiger partial charge in [-0.25, -0.2) is 15.0 Å². The van der Waals surface area contributed by atoms with E-state index in [2.05, 4.69) is 6.92 Å². The number of phenols is 1. The van der Waals surface area contributed by atoms with Gasteiger partial charge in [0.05, 0.1) is 12.2 Å². The number of benzene rings is 3. The molecule has 1 aromatic heterocycles. The van der Waals surface area contributed by atoms with Crippen molar-refractivity contribution in [3.8, 4) is 45.7 Å². The third kappa shape index (κ3) is 6.28. The molecule has 1 heterocycles. The number of ether oxygens (including phenoxy) is 1. The van der Waals surface area contributed by atoms with E-state index in [0.29, 0.717) is 35.4 Å². The number of aryl methyl sites for hydroxylation is 2. The van der Waals surface area contributed by atoms with Gasteiger partial charge in [0.1, 0.15) is 11.5 Å². The summed E-state index contributed by atoms with van der Waals surface area (Å²) in [5.41, 5.74) is 4.58. The standard InChI is InChI=1S/C31H35N3O2/c1-4-5-6-7-8-13-20-36-24-18-19-27(28(35)21-24)31-33-29(25-16-11-9-14-22(25)2)32-30(34-31)26-17-12-10-15-23(26)3/h9-12,14-19,21,35H,4-8,13,20H2,1-3H3. The summed E-state index contributed by atoms with van der Waals surface area (Å²) in [5.74, 6) is 2.34. The highest BCUT2D eigenvalue weighted by atomic mass is 16.5. The second-order valence-electron chi connectivity index (χ2n) is 9.23. The van der Waals surface area contributed by atoms with E-state index < -0.39 is 0 Å². The van der Waals surface area contributed by atoms with Crippen LogP contribution in [0, 0.1) is 13.8 Å². The summed E-state index contributed by atoms with van der Waals surface area (Å²) in [6.45, 7) is 6.95. The molecule has 5 nitrogen and oxygen atoms in total. The van der Waals surface area contributed by atoms with Crippen molar-refractivity contribution >= 4 is 0 Å². The molecule has 3 aromatic carbocycles. The van der Waals surface area contributed by atoms with E-state index in [1.165, 1.54) is 25.7 Å². The molecular formula is C31H35N3O2. The molecule has 0 saturated heterocycles. The molecule has 0 aliphatic carbocycles. The van der Waals surface area contributed by atoms with E-state index in [1.54, 1.807) is 6.07 Å². The number of hydrogen-bond donors (Lipinski definition) is 1. The molecule has 0 amide bonds. The molecule has 0 atom stereocenters. The fourth-order valence-electron chi connectivity index (χ4n) is 4.25. The van der Waals surface area contributed by atoms with Crippen LogP contribution in [0.4, 0.5) is 0 Å². The summed E-state index contributed by atoms with van der Waals surface area (Å²) < 4.78 is 5.89. The van der Waals surface area contributed by atoms with Crippen LogP contribution in [0.15, 0.2) is 66.7 Å². The normalized spacial score (nSPS) is 11.0. The van der Waals surface area contributed by atoms with E-state index in [1.807, 2.05) is 74.5 Å². The van der Waals surface area contributed by atoms with Crippen molar-refractivity contribution in [1.29, 1.82) is 0 Å². The van der Waals surface area contributed by atoms with Gasteiger partial charge in [-0.15, -0.1) is 0 Å². The fraction of sp³-hybridized carbons (Fsp3) is 0.323. The van der Waals surface area contributed by atoms with Crippen molar-refractivity contribution in [2.45, 2.75) is 59.3 Å². The van der Waals surface area contributed by atoms with Gasteiger partial charge < -0.3 is 9.84 Å². The van der Waals surface area contributed by atoms with Gasteiger partial charge in [0.25, 0.3) is 0 Å². The topological polar surface area (TPSA) is 68.1 Å². The molecular weight excluding hydrogens is 446 g/mol. The highest BCUT2D eigenvalue weighted by Crippen LogP contribution is 2.33. The monoisotopic (exact) mass is 481 g/mol. The average molecular weight is 482 g/mol. The van der Waals surface area contributed by atoms with Crippen LogP contribution in [0.25, 0.3) is 34.2 Å². The van der Waals surface area contributed by atoms with Crippen LogP contribution in [-0.2, 0) is 0 Å². The molecule has 36 heavy (non-hydrogen) atoms. The first-order valence-electron chi connectivity index (χ1n) is 12.9. The minimum atomic E-state index is 0.0908. The van der Waals surface area contributed by atoms with Crippen LogP contribution in [0.5, 0.6) is 11.5 Å². The van der Waals surface area contributed by atoms with Crippen LogP contribution in [-0.4, -0.2) is 26.7 Å². The van der Waals surface area contributed by atoms with Crippen molar-refractivity contribution in [3.63, 3.8) is 0 Å². The highest BCUT2D eigenvalue weighted by molar-refractivity contribution is 5.72. The number of aromatic hydroxyl groups is 1. The van der Waals surface area contributed by atoms with Gasteiger partial charge in [-0.2, -0.15) is 0 Å². The summed E-state index contributed by atoms with van der Waals surface area (Å²) in [7, 11) is 0. The number of unbranched alkanes of at least 4 members (excludes halogenated alkanes) is 5. The lowest BCUT2D eigenvalue weighted by atomic mass is 10.1. The highest BCUT2D eigenvalue weighted by Gasteiger charge is 2.17. The SMILES string of the molecule is CCCCCCCCOc1ccc(-c2nc(-c3ccccc3C)nc(-c3ccccc3C)n2)c(O)c1. The van der Waals surface area contributed by atoms with Gasteiger partial charge in [-0.05, 0) is 43.5 Å². The van der Waals surface area contributed by atoms with Crippen molar-refractivity contribution in [2.24, 2.45) is 0 Å². The van der Waals surface area contributed by atoms with Gasteiger partial charge in [0.15, 0.2) is 17.5 Å². The zero-order chi connectivity index (χ0) is 25.3. The number of nitrogens with zero attached hydrogens (tertiary/aromatic N) is 3. The first-order chi connectivity index (χ1) is 17.6. The minimum Gasteiger partial charge on any atom is -0.507 e. The van der Waals surface area contributed by atoms with Crippen molar-refractivity contribution < 1.29 is 9.84 Å². The molecule has 0 saturated carbocycles. The van der Waals surface area contributed by atoms with E-state index in [4.69, 9.17) is 19.7 Å². The minimum absolute atomic E-state index is 0.0908. The maximum atomic E-state index is 10.9. The molecule has 1 N–H and O–H groups in total. The third-order valence-corrected chi connectivity index (χ3v) is 6.38. The molecule has 5 heteroatoms. The summed E-state index contributed by atoms with van der Waals surface area (Å²) in [5, 5.41) is 10.9. The Balaban J connectivity index is 1.62. The van der Waals surface area contributed by atoms with Crippen LogP contribution in [0.1, 0.15) is 56.6 Å². The Kier molecular flexibility index (Phi) is 8.66. The van der Waals surface area contributed by atoms with E-state index in [-0.39, 0.29) is 5.75 Å². The van der Waals surface area contributed by atoms with Crippen LogP contribution >= 0.6 is 0 Å². The molecule has 0 fully saturated rings. The van der Waals surface area contributed by atoms with Crippen LogP contribution < -0.4 is 4.74 Å². The van der Waals surface area contributed by atoms with E-state index in [0.717, 1.165) is 35.1 Å². The van der Waals surface area contributed by atoms with E-state index >= 15 is 0 Å². The van der Waals surface area contributed by atoms with Gasteiger partial charge in [0.2, 0.25) is 0 Å². The zero-order valence-corrected chi connectivity index (χ0v) is 21.5.